The minimum atomic E-state index is 0. The van der Waals surface area contributed by atoms with E-state index in [0.29, 0.717) is 18.0 Å². The normalized spacial score (nSPS) is 18.8. The molecule has 150 valence electrons. The molecule has 1 fully saturated rings. The fourth-order valence-corrected chi connectivity index (χ4v) is 3.00. The number of aliphatic imine (C=N–C) groups is 1. The predicted octanol–water partition coefficient (Wildman–Crippen LogP) is 1.86. The number of hydrogen-bond acceptors (Lipinski definition) is 4. The average molecular weight is 469 g/mol. The van der Waals surface area contributed by atoms with Crippen molar-refractivity contribution in [3.05, 3.63) is 0 Å². The first-order valence-corrected chi connectivity index (χ1v) is 9.46. The van der Waals surface area contributed by atoms with Crippen LogP contribution in [0.1, 0.15) is 34.1 Å². The highest BCUT2D eigenvalue weighted by Gasteiger charge is 2.23. The molecular weight excluding hydrogens is 429 g/mol. The SMILES string of the molecule is CCC(C)N(C)CCNC(=NC)NCC(C(C)C)N1CCOCC1.I. The molecule has 0 radical (unpaired) electrons. The fourth-order valence-electron chi connectivity index (χ4n) is 3.00. The molecular formula is C18H40IN5O. The molecule has 0 aliphatic carbocycles. The van der Waals surface area contributed by atoms with Crippen LogP contribution in [0, 0.1) is 5.92 Å². The monoisotopic (exact) mass is 469 g/mol. The third-order valence-corrected chi connectivity index (χ3v) is 5.09. The van der Waals surface area contributed by atoms with Gasteiger partial charge in [0.15, 0.2) is 5.96 Å². The maximum absolute atomic E-state index is 5.48. The molecule has 0 bridgehead atoms. The smallest absolute Gasteiger partial charge is 0.191 e. The number of ether oxygens (including phenoxy) is 1. The topological polar surface area (TPSA) is 52.1 Å². The molecule has 7 heteroatoms. The van der Waals surface area contributed by atoms with E-state index in [-0.39, 0.29) is 24.0 Å². The van der Waals surface area contributed by atoms with Crippen molar-refractivity contribution in [2.45, 2.75) is 46.2 Å². The molecule has 2 atom stereocenters. The lowest BCUT2D eigenvalue weighted by atomic mass is 10.0. The van der Waals surface area contributed by atoms with Crippen molar-refractivity contribution in [3.63, 3.8) is 0 Å². The highest BCUT2D eigenvalue weighted by atomic mass is 127. The van der Waals surface area contributed by atoms with Crippen LogP contribution in [0.4, 0.5) is 0 Å². The first-order valence-electron chi connectivity index (χ1n) is 9.46. The first-order chi connectivity index (χ1) is 11.5. The number of morpholine rings is 1. The van der Waals surface area contributed by atoms with Gasteiger partial charge in [-0.3, -0.25) is 9.89 Å². The summed E-state index contributed by atoms with van der Waals surface area (Å²) in [4.78, 5) is 9.27. The van der Waals surface area contributed by atoms with E-state index in [1.165, 1.54) is 6.42 Å². The lowest BCUT2D eigenvalue weighted by molar-refractivity contribution is 0.00752. The molecule has 1 aliphatic heterocycles. The van der Waals surface area contributed by atoms with Crippen molar-refractivity contribution in [1.29, 1.82) is 0 Å². The largest absolute Gasteiger partial charge is 0.379 e. The molecule has 0 amide bonds. The molecule has 1 saturated heterocycles. The number of rotatable bonds is 9. The summed E-state index contributed by atoms with van der Waals surface area (Å²) in [6, 6.07) is 1.13. The second-order valence-corrected chi connectivity index (χ2v) is 7.08. The minimum Gasteiger partial charge on any atom is -0.379 e. The molecule has 0 aromatic carbocycles. The van der Waals surface area contributed by atoms with Gasteiger partial charge < -0.3 is 20.3 Å². The number of nitrogens with one attached hydrogen (secondary N) is 2. The zero-order valence-corrected chi connectivity index (χ0v) is 19.4. The Hall–Kier alpha value is -0.120. The van der Waals surface area contributed by atoms with Gasteiger partial charge in [0.25, 0.3) is 0 Å². The molecule has 1 heterocycles. The summed E-state index contributed by atoms with van der Waals surface area (Å²) in [7, 11) is 4.02. The van der Waals surface area contributed by atoms with Crippen LogP contribution in [0.25, 0.3) is 0 Å². The summed E-state index contributed by atoms with van der Waals surface area (Å²) in [5.41, 5.74) is 0. The molecule has 2 N–H and O–H groups in total. The molecule has 2 unspecified atom stereocenters. The van der Waals surface area contributed by atoms with Crippen LogP contribution >= 0.6 is 24.0 Å². The van der Waals surface area contributed by atoms with Gasteiger partial charge in [0, 0.05) is 51.9 Å². The Kier molecular flexibility index (Phi) is 13.9. The highest BCUT2D eigenvalue weighted by Crippen LogP contribution is 2.12. The number of likely N-dealkylation sites (N-methyl/N-ethyl adjacent to an activating group) is 1. The molecule has 0 aromatic rings. The Balaban J connectivity index is 0.00000576. The van der Waals surface area contributed by atoms with E-state index in [0.717, 1.165) is 51.9 Å². The second-order valence-electron chi connectivity index (χ2n) is 7.08. The summed E-state index contributed by atoms with van der Waals surface area (Å²) < 4.78 is 5.48. The van der Waals surface area contributed by atoms with Crippen LogP contribution in [0.5, 0.6) is 0 Å². The maximum Gasteiger partial charge on any atom is 0.191 e. The van der Waals surface area contributed by atoms with Crippen LogP contribution in [0.2, 0.25) is 0 Å². The minimum absolute atomic E-state index is 0. The number of nitrogens with zero attached hydrogens (tertiary/aromatic N) is 3. The summed E-state index contributed by atoms with van der Waals surface area (Å²) >= 11 is 0. The third kappa shape index (κ3) is 9.40. The van der Waals surface area contributed by atoms with Crippen LogP contribution in [0.15, 0.2) is 4.99 Å². The Morgan fingerprint density at radius 3 is 2.36 bits per heavy atom. The van der Waals surface area contributed by atoms with Gasteiger partial charge >= 0.3 is 0 Å². The standard InChI is InChI=1S/C18H39N5O.HI/c1-7-16(4)22(6)9-8-20-18(19-5)21-14-17(15(2)3)23-10-12-24-13-11-23;/h15-17H,7-14H2,1-6H3,(H2,19,20,21);1H. The number of hydrogen-bond donors (Lipinski definition) is 2. The maximum atomic E-state index is 5.48. The molecule has 0 spiro atoms. The van der Waals surface area contributed by atoms with Crippen LogP contribution < -0.4 is 10.6 Å². The predicted molar refractivity (Wildman–Crippen MR) is 118 cm³/mol. The van der Waals surface area contributed by atoms with Gasteiger partial charge in [-0.05, 0) is 26.3 Å². The van der Waals surface area contributed by atoms with Crippen LogP contribution in [-0.2, 0) is 4.74 Å². The Labute approximate surface area is 172 Å². The van der Waals surface area contributed by atoms with Crippen molar-refractivity contribution in [3.8, 4) is 0 Å². The van der Waals surface area contributed by atoms with Crippen LogP contribution in [0.3, 0.4) is 0 Å². The van der Waals surface area contributed by atoms with Gasteiger partial charge in [-0.15, -0.1) is 24.0 Å². The molecule has 1 rings (SSSR count). The van der Waals surface area contributed by atoms with Crippen molar-refractivity contribution in [2.75, 3.05) is 60.0 Å². The lowest BCUT2D eigenvalue weighted by Gasteiger charge is -2.37. The van der Waals surface area contributed by atoms with Gasteiger partial charge in [0.1, 0.15) is 0 Å². The Bertz CT molecular complexity index is 361. The quantitative estimate of drug-likeness (QED) is 0.307. The summed E-state index contributed by atoms with van der Waals surface area (Å²) in [6.07, 6.45) is 1.18. The zero-order chi connectivity index (χ0) is 17.9. The number of guanidine groups is 1. The Morgan fingerprint density at radius 1 is 1.20 bits per heavy atom. The molecule has 25 heavy (non-hydrogen) atoms. The zero-order valence-electron chi connectivity index (χ0n) is 17.0. The van der Waals surface area contributed by atoms with Crippen molar-refractivity contribution >= 4 is 29.9 Å². The Morgan fingerprint density at radius 2 is 1.84 bits per heavy atom. The van der Waals surface area contributed by atoms with Gasteiger partial charge in [-0.2, -0.15) is 0 Å². The fraction of sp³-hybridized carbons (Fsp3) is 0.944. The molecule has 1 aliphatic rings. The molecule has 0 aromatic heterocycles. The number of halogens is 1. The van der Waals surface area contributed by atoms with E-state index >= 15 is 0 Å². The van der Waals surface area contributed by atoms with Crippen LogP contribution in [-0.4, -0.2) is 87.9 Å². The summed E-state index contributed by atoms with van der Waals surface area (Å²) in [5.74, 6) is 1.50. The highest BCUT2D eigenvalue weighted by molar-refractivity contribution is 14.0. The lowest BCUT2D eigenvalue weighted by Crippen LogP contribution is -2.53. The van der Waals surface area contributed by atoms with Crippen molar-refractivity contribution in [1.82, 2.24) is 20.4 Å². The van der Waals surface area contributed by atoms with Gasteiger partial charge in [-0.1, -0.05) is 20.8 Å². The second kappa shape index (κ2) is 14.0. The van der Waals surface area contributed by atoms with E-state index < -0.39 is 0 Å². The van der Waals surface area contributed by atoms with Gasteiger partial charge in [-0.25, -0.2) is 0 Å². The van der Waals surface area contributed by atoms with E-state index in [1.807, 2.05) is 7.05 Å². The van der Waals surface area contributed by atoms with Crippen molar-refractivity contribution < 1.29 is 4.74 Å². The van der Waals surface area contributed by atoms with E-state index in [2.05, 4.69) is 60.2 Å². The first kappa shape index (κ1) is 24.9. The van der Waals surface area contributed by atoms with Gasteiger partial charge in [0.05, 0.1) is 13.2 Å². The van der Waals surface area contributed by atoms with Crippen molar-refractivity contribution in [2.24, 2.45) is 10.9 Å². The van der Waals surface area contributed by atoms with E-state index in [4.69, 9.17) is 4.74 Å². The van der Waals surface area contributed by atoms with E-state index in [1.54, 1.807) is 0 Å². The average Bonchev–Trinajstić information content (AvgIpc) is 2.60. The van der Waals surface area contributed by atoms with E-state index in [9.17, 15) is 0 Å². The summed E-state index contributed by atoms with van der Waals surface area (Å²) in [5, 5.41) is 6.93. The molecule has 0 saturated carbocycles. The summed E-state index contributed by atoms with van der Waals surface area (Å²) in [6.45, 7) is 15.7. The third-order valence-electron chi connectivity index (χ3n) is 5.09. The van der Waals surface area contributed by atoms with Gasteiger partial charge in [0.2, 0.25) is 0 Å². The molecule has 6 nitrogen and oxygen atoms in total.